The maximum Gasteiger partial charge on any atom is 0.343 e. The molecule has 0 aliphatic rings. The minimum atomic E-state index is -0.206. The molecule has 0 saturated carbocycles. The normalized spacial score (nSPS) is 9.81. The van der Waals surface area contributed by atoms with Crippen LogP contribution in [0, 0.1) is 11.8 Å². The number of nitrogens with one attached hydrogen (secondary N) is 1. The Morgan fingerprint density at radius 1 is 1.62 bits per heavy atom. The van der Waals surface area contributed by atoms with Crippen molar-refractivity contribution in [2.45, 2.75) is 6.54 Å². The van der Waals surface area contributed by atoms with Gasteiger partial charge in [0.15, 0.2) is 0 Å². The number of thiophene rings is 1. The summed E-state index contributed by atoms with van der Waals surface area (Å²) in [4.78, 5) is 12.3. The zero-order valence-corrected chi connectivity index (χ0v) is 9.25. The van der Waals surface area contributed by atoms with E-state index in [0.29, 0.717) is 13.1 Å². The molecule has 6 heteroatoms. The molecule has 2 aromatic rings. The first-order valence-electron chi connectivity index (χ1n) is 4.66. The third-order valence-electron chi connectivity index (χ3n) is 1.93. The topological polar surface area (TPSA) is 76.7 Å². The Balaban J connectivity index is 2.14. The van der Waals surface area contributed by atoms with Gasteiger partial charge in [0.05, 0.1) is 13.1 Å². The van der Waals surface area contributed by atoms with Crippen molar-refractivity contribution < 1.29 is 0 Å². The molecule has 2 heterocycles. The van der Waals surface area contributed by atoms with E-state index in [4.69, 9.17) is 5.73 Å². The molecule has 0 unspecified atom stereocenters. The molecule has 0 atom stereocenters. The number of H-pyrrole nitrogens is 1. The van der Waals surface area contributed by atoms with Crippen LogP contribution < -0.4 is 11.4 Å². The van der Waals surface area contributed by atoms with E-state index in [-0.39, 0.29) is 5.69 Å². The highest BCUT2D eigenvalue weighted by Crippen LogP contribution is 2.14. The van der Waals surface area contributed by atoms with E-state index in [9.17, 15) is 4.79 Å². The van der Waals surface area contributed by atoms with Crippen LogP contribution in [-0.2, 0) is 6.54 Å². The SMILES string of the molecule is NCC#Cc1csc(Cn2cn[nH]c2=O)c1. The molecule has 0 radical (unpaired) electrons. The van der Waals surface area contributed by atoms with Crippen LogP contribution in [0.3, 0.4) is 0 Å². The minimum absolute atomic E-state index is 0.206. The van der Waals surface area contributed by atoms with Gasteiger partial charge in [0.25, 0.3) is 0 Å². The van der Waals surface area contributed by atoms with Crippen LogP contribution in [0.4, 0.5) is 0 Å². The third kappa shape index (κ3) is 2.39. The van der Waals surface area contributed by atoms with Gasteiger partial charge in [0.1, 0.15) is 6.33 Å². The first-order chi connectivity index (χ1) is 7.79. The lowest BCUT2D eigenvalue weighted by atomic mass is 10.3. The van der Waals surface area contributed by atoms with Crippen LogP contribution in [0.2, 0.25) is 0 Å². The monoisotopic (exact) mass is 234 g/mol. The van der Waals surface area contributed by atoms with Crippen LogP contribution in [0.15, 0.2) is 22.6 Å². The Morgan fingerprint density at radius 2 is 2.50 bits per heavy atom. The fourth-order valence-corrected chi connectivity index (χ4v) is 2.05. The molecule has 0 spiro atoms. The highest BCUT2D eigenvalue weighted by molar-refractivity contribution is 7.10. The number of hydrogen-bond acceptors (Lipinski definition) is 4. The number of rotatable bonds is 2. The van der Waals surface area contributed by atoms with Crippen LogP contribution in [0.1, 0.15) is 10.4 Å². The van der Waals surface area contributed by atoms with Gasteiger partial charge in [0.2, 0.25) is 0 Å². The van der Waals surface area contributed by atoms with Crippen molar-refractivity contribution in [1.82, 2.24) is 14.8 Å². The van der Waals surface area contributed by atoms with Crippen molar-refractivity contribution in [2.24, 2.45) is 5.73 Å². The molecule has 2 rings (SSSR count). The summed E-state index contributed by atoms with van der Waals surface area (Å²) in [6.45, 7) is 0.872. The average Bonchev–Trinajstić information content (AvgIpc) is 2.87. The van der Waals surface area contributed by atoms with Crippen molar-refractivity contribution in [2.75, 3.05) is 6.54 Å². The van der Waals surface area contributed by atoms with Gasteiger partial charge in [-0.05, 0) is 6.07 Å². The standard InChI is InChI=1S/C10H10N4OS/c11-3-1-2-8-4-9(16-6-8)5-14-7-12-13-10(14)15/h4,6-7H,3,5,11H2,(H,13,15). The minimum Gasteiger partial charge on any atom is -0.320 e. The van der Waals surface area contributed by atoms with Gasteiger partial charge in [-0.1, -0.05) is 11.8 Å². The second kappa shape index (κ2) is 4.79. The molecule has 0 amide bonds. The van der Waals surface area contributed by atoms with E-state index < -0.39 is 0 Å². The molecular formula is C10H10N4OS. The summed E-state index contributed by atoms with van der Waals surface area (Å²) in [5.74, 6) is 5.73. The largest absolute Gasteiger partial charge is 0.343 e. The van der Waals surface area contributed by atoms with Gasteiger partial charge in [-0.3, -0.25) is 4.57 Å². The molecule has 0 bridgehead atoms. The summed E-state index contributed by atoms with van der Waals surface area (Å²) in [6, 6.07) is 1.95. The van der Waals surface area contributed by atoms with Crippen molar-refractivity contribution in [1.29, 1.82) is 0 Å². The molecule has 16 heavy (non-hydrogen) atoms. The summed E-state index contributed by atoms with van der Waals surface area (Å²) >= 11 is 1.56. The predicted octanol–water partition coefficient (Wildman–Crippen LogP) is -0.00860. The first-order valence-corrected chi connectivity index (χ1v) is 5.53. The molecule has 0 aliphatic heterocycles. The molecule has 3 N–H and O–H groups in total. The molecule has 0 saturated heterocycles. The van der Waals surface area contributed by atoms with Crippen LogP contribution in [-0.4, -0.2) is 21.3 Å². The van der Waals surface area contributed by atoms with E-state index in [2.05, 4.69) is 22.0 Å². The molecule has 2 aromatic heterocycles. The number of aromatic nitrogens is 3. The van der Waals surface area contributed by atoms with Gasteiger partial charge < -0.3 is 5.73 Å². The van der Waals surface area contributed by atoms with Gasteiger partial charge in [-0.2, -0.15) is 5.10 Å². The maximum atomic E-state index is 11.2. The Labute approximate surface area is 95.9 Å². The summed E-state index contributed by atoms with van der Waals surface area (Å²) in [5, 5.41) is 7.95. The van der Waals surface area contributed by atoms with Gasteiger partial charge in [-0.15, -0.1) is 11.3 Å². The average molecular weight is 234 g/mol. The van der Waals surface area contributed by atoms with Gasteiger partial charge in [0, 0.05) is 15.8 Å². The smallest absolute Gasteiger partial charge is 0.320 e. The number of nitrogens with zero attached hydrogens (tertiary/aromatic N) is 2. The Morgan fingerprint density at radius 3 is 3.19 bits per heavy atom. The van der Waals surface area contributed by atoms with Crippen LogP contribution in [0.5, 0.6) is 0 Å². The second-order valence-corrected chi connectivity index (χ2v) is 4.09. The lowest BCUT2D eigenvalue weighted by Gasteiger charge is -1.94. The first kappa shape index (κ1) is 10.7. The Kier molecular flexibility index (Phi) is 3.19. The quantitative estimate of drug-likeness (QED) is 0.718. The van der Waals surface area contributed by atoms with Crippen molar-refractivity contribution in [3.8, 4) is 11.8 Å². The summed E-state index contributed by atoms with van der Waals surface area (Å²) in [6.07, 6.45) is 1.48. The van der Waals surface area contributed by atoms with E-state index >= 15 is 0 Å². The molecule has 0 aliphatic carbocycles. The van der Waals surface area contributed by atoms with Crippen molar-refractivity contribution in [3.05, 3.63) is 38.7 Å². The second-order valence-electron chi connectivity index (χ2n) is 3.10. The summed E-state index contributed by atoms with van der Waals surface area (Å²) < 4.78 is 1.51. The van der Waals surface area contributed by atoms with Crippen LogP contribution in [0.25, 0.3) is 0 Å². The zero-order chi connectivity index (χ0) is 11.4. The van der Waals surface area contributed by atoms with E-state index in [1.165, 1.54) is 10.9 Å². The molecule has 0 aromatic carbocycles. The van der Waals surface area contributed by atoms with E-state index in [1.54, 1.807) is 11.3 Å². The Hall–Kier alpha value is -1.84. The molecular weight excluding hydrogens is 224 g/mol. The summed E-state index contributed by atoms with van der Waals surface area (Å²) in [5.41, 5.74) is 6.01. The highest BCUT2D eigenvalue weighted by Gasteiger charge is 2.01. The predicted molar refractivity (Wildman–Crippen MR) is 62.2 cm³/mol. The fourth-order valence-electron chi connectivity index (χ4n) is 1.23. The van der Waals surface area contributed by atoms with Gasteiger partial charge >= 0.3 is 5.69 Å². The highest BCUT2D eigenvalue weighted by atomic mass is 32.1. The van der Waals surface area contributed by atoms with Crippen molar-refractivity contribution >= 4 is 11.3 Å². The maximum absolute atomic E-state index is 11.2. The molecule has 82 valence electrons. The third-order valence-corrected chi connectivity index (χ3v) is 2.85. The number of aromatic amines is 1. The number of hydrogen-bond donors (Lipinski definition) is 2. The zero-order valence-electron chi connectivity index (χ0n) is 8.43. The lowest BCUT2D eigenvalue weighted by molar-refractivity contribution is 0.772. The van der Waals surface area contributed by atoms with E-state index in [0.717, 1.165) is 10.4 Å². The molecule has 0 fully saturated rings. The van der Waals surface area contributed by atoms with Crippen LogP contribution >= 0.6 is 11.3 Å². The van der Waals surface area contributed by atoms with Crippen molar-refractivity contribution in [3.63, 3.8) is 0 Å². The lowest BCUT2D eigenvalue weighted by Crippen LogP contribution is -2.16. The number of nitrogens with two attached hydrogens (primary N) is 1. The Bertz CT molecular complexity index is 583. The van der Waals surface area contributed by atoms with Gasteiger partial charge in [-0.25, -0.2) is 9.89 Å². The summed E-state index contributed by atoms with van der Waals surface area (Å²) in [7, 11) is 0. The fraction of sp³-hybridized carbons (Fsp3) is 0.200. The molecule has 5 nitrogen and oxygen atoms in total. The van der Waals surface area contributed by atoms with E-state index in [1.807, 2.05) is 11.4 Å².